The van der Waals surface area contributed by atoms with Gasteiger partial charge in [0.15, 0.2) is 0 Å². The first-order chi connectivity index (χ1) is 19.7. The Kier molecular flexibility index (Phi) is 9.57. The monoisotopic (exact) mass is 614 g/mol. The highest BCUT2D eigenvalue weighted by atomic mass is 35.5. The van der Waals surface area contributed by atoms with Crippen LogP contribution in [0.3, 0.4) is 0 Å². The maximum atomic E-state index is 12.6. The van der Waals surface area contributed by atoms with Gasteiger partial charge < -0.3 is 19.3 Å². The summed E-state index contributed by atoms with van der Waals surface area (Å²) in [6.07, 6.45) is 1.44. The summed E-state index contributed by atoms with van der Waals surface area (Å²) in [7, 11) is -2.00. The molecule has 1 aromatic heterocycles. The van der Waals surface area contributed by atoms with Crippen molar-refractivity contribution in [3.63, 3.8) is 0 Å². The molecule has 1 aliphatic heterocycles. The van der Waals surface area contributed by atoms with Crippen molar-refractivity contribution in [2.45, 2.75) is 40.2 Å². The van der Waals surface area contributed by atoms with E-state index in [2.05, 4.69) is 26.7 Å². The van der Waals surface area contributed by atoms with Crippen LogP contribution in [0.2, 0.25) is 5.15 Å². The highest BCUT2D eigenvalue weighted by Gasteiger charge is 2.26. The fourth-order valence-corrected chi connectivity index (χ4v) is 6.39. The standard InChI is InChI=1S/C31H39ClN4O5S/c1-21(2)20-42(38,39)34-25-15-23(16-27(18-25)40-6)28-17-24(19-33-29(28)32)22-7-9-26(10-8-22)35-11-13-36(14-12-35)30(37)41-31(3,4)5/h7-10,15-19,21,34H,11-14,20H2,1-6H3. The normalized spacial score (nSPS) is 14.2. The molecule has 0 aliphatic carbocycles. The highest BCUT2D eigenvalue weighted by Crippen LogP contribution is 2.35. The Hall–Kier alpha value is -3.50. The summed E-state index contributed by atoms with van der Waals surface area (Å²) < 4.78 is 38.8. The molecule has 1 amide bonds. The number of rotatable bonds is 8. The van der Waals surface area contributed by atoms with Crippen molar-refractivity contribution in [2.24, 2.45) is 5.92 Å². The number of carbonyl (C=O) groups excluding carboxylic acids is 1. The molecule has 0 saturated carbocycles. The Morgan fingerprint density at radius 3 is 2.26 bits per heavy atom. The summed E-state index contributed by atoms with van der Waals surface area (Å²) in [6.45, 7) is 11.9. The third kappa shape index (κ3) is 8.29. The van der Waals surface area contributed by atoms with Crippen molar-refractivity contribution in [1.29, 1.82) is 0 Å². The van der Waals surface area contributed by atoms with Crippen molar-refractivity contribution in [1.82, 2.24) is 9.88 Å². The van der Waals surface area contributed by atoms with E-state index in [9.17, 15) is 13.2 Å². The predicted octanol–water partition coefficient (Wildman–Crippen LogP) is 6.53. The van der Waals surface area contributed by atoms with Crippen LogP contribution < -0.4 is 14.4 Å². The number of aromatic nitrogens is 1. The molecule has 0 unspecified atom stereocenters. The van der Waals surface area contributed by atoms with E-state index in [1.54, 1.807) is 29.3 Å². The Balaban J connectivity index is 1.52. The number of hydrogen-bond acceptors (Lipinski definition) is 7. The summed E-state index contributed by atoms with van der Waals surface area (Å²) in [6, 6.07) is 15.3. The van der Waals surface area contributed by atoms with Gasteiger partial charge in [0.1, 0.15) is 16.5 Å². The number of carbonyl (C=O) groups is 1. The molecule has 3 aromatic rings. The SMILES string of the molecule is COc1cc(NS(=O)(=O)CC(C)C)cc(-c2cc(-c3ccc(N4CCN(C(=O)OC(C)(C)C)CC4)cc3)cnc2Cl)c1. The highest BCUT2D eigenvalue weighted by molar-refractivity contribution is 7.92. The predicted molar refractivity (Wildman–Crippen MR) is 169 cm³/mol. The fraction of sp³-hybridized carbons (Fsp3) is 0.419. The number of sulfonamides is 1. The number of ether oxygens (including phenoxy) is 2. The van der Waals surface area contributed by atoms with Gasteiger partial charge in [-0.2, -0.15) is 0 Å². The quantitative estimate of drug-likeness (QED) is 0.288. The van der Waals surface area contributed by atoms with Crippen LogP contribution in [0.15, 0.2) is 54.7 Å². The van der Waals surface area contributed by atoms with Crippen LogP contribution >= 0.6 is 11.6 Å². The third-order valence-corrected chi connectivity index (χ3v) is 8.57. The van der Waals surface area contributed by atoms with Crippen LogP contribution in [0.4, 0.5) is 16.2 Å². The molecule has 0 bridgehead atoms. The van der Waals surface area contributed by atoms with Gasteiger partial charge in [-0.15, -0.1) is 0 Å². The van der Waals surface area contributed by atoms with E-state index in [0.717, 1.165) is 16.8 Å². The largest absolute Gasteiger partial charge is 0.497 e. The Bertz CT molecular complexity index is 1510. The second kappa shape index (κ2) is 12.8. The molecule has 42 heavy (non-hydrogen) atoms. The van der Waals surface area contributed by atoms with Crippen molar-refractivity contribution in [3.05, 3.63) is 59.9 Å². The van der Waals surface area contributed by atoms with Gasteiger partial charge in [0.25, 0.3) is 0 Å². The van der Waals surface area contributed by atoms with Gasteiger partial charge in [0.05, 0.1) is 18.6 Å². The van der Waals surface area contributed by atoms with Gasteiger partial charge in [-0.3, -0.25) is 4.72 Å². The van der Waals surface area contributed by atoms with Crippen LogP contribution in [0.25, 0.3) is 22.3 Å². The zero-order valence-electron chi connectivity index (χ0n) is 25.0. The first-order valence-electron chi connectivity index (χ1n) is 13.9. The lowest BCUT2D eigenvalue weighted by atomic mass is 10.0. The second-order valence-electron chi connectivity index (χ2n) is 11.8. The summed E-state index contributed by atoms with van der Waals surface area (Å²) in [5.74, 6) is 0.482. The topological polar surface area (TPSA) is 101 Å². The van der Waals surface area contributed by atoms with Crippen LogP contribution in [-0.4, -0.2) is 69.0 Å². The molecule has 1 fully saturated rings. The number of pyridine rings is 1. The van der Waals surface area contributed by atoms with E-state index in [-0.39, 0.29) is 17.8 Å². The molecule has 1 saturated heterocycles. The van der Waals surface area contributed by atoms with E-state index in [1.165, 1.54) is 7.11 Å². The van der Waals surface area contributed by atoms with Crippen LogP contribution in [0, 0.1) is 5.92 Å². The van der Waals surface area contributed by atoms with E-state index < -0.39 is 15.6 Å². The first-order valence-corrected chi connectivity index (χ1v) is 15.9. The maximum absolute atomic E-state index is 12.6. The summed E-state index contributed by atoms with van der Waals surface area (Å²) in [5.41, 5.74) is 4.09. The molecular weight excluding hydrogens is 576 g/mol. The summed E-state index contributed by atoms with van der Waals surface area (Å²) in [5, 5.41) is 0.294. The molecule has 2 aromatic carbocycles. The van der Waals surface area contributed by atoms with E-state index >= 15 is 0 Å². The van der Waals surface area contributed by atoms with Gasteiger partial charge in [0.2, 0.25) is 10.0 Å². The van der Waals surface area contributed by atoms with Crippen LogP contribution in [0.5, 0.6) is 5.75 Å². The molecule has 1 aliphatic rings. The van der Waals surface area contributed by atoms with Gasteiger partial charge >= 0.3 is 6.09 Å². The van der Waals surface area contributed by atoms with Gasteiger partial charge in [0, 0.05) is 55.3 Å². The zero-order valence-corrected chi connectivity index (χ0v) is 26.6. The van der Waals surface area contributed by atoms with Crippen molar-refractivity contribution >= 4 is 39.1 Å². The number of halogens is 1. The number of nitrogens with zero attached hydrogens (tertiary/aromatic N) is 3. The minimum atomic E-state index is -3.53. The van der Waals surface area contributed by atoms with Crippen molar-refractivity contribution in [3.8, 4) is 28.0 Å². The molecule has 0 atom stereocenters. The maximum Gasteiger partial charge on any atom is 0.410 e. The van der Waals surface area contributed by atoms with Crippen molar-refractivity contribution in [2.75, 3.05) is 48.7 Å². The van der Waals surface area contributed by atoms with Gasteiger partial charge in [-0.25, -0.2) is 18.2 Å². The number of amides is 1. The molecule has 226 valence electrons. The number of hydrogen-bond donors (Lipinski definition) is 1. The molecule has 0 spiro atoms. The first kappa shape index (κ1) is 31.4. The third-order valence-electron chi connectivity index (χ3n) is 6.62. The number of piperazine rings is 1. The number of methoxy groups -OCH3 is 1. The lowest BCUT2D eigenvalue weighted by Gasteiger charge is -2.36. The van der Waals surface area contributed by atoms with Crippen LogP contribution in [-0.2, 0) is 14.8 Å². The smallest absolute Gasteiger partial charge is 0.410 e. The molecule has 4 rings (SSSR count). The second-order valence-corrected chi connectivity index (χ2v) is 13.9. The Morgan fingerprint density at radius 1 is 1.00 bits per heavy atom. The van der Waals surface area contributed by atoms with E-state index in [4.69, 9.17) is 21.1 Å². The lowest BCUT2D eigenvalue weighted by Crippen LogP contribution is -2.50. The van der Waals surface area contributed by atoms with Crippen molar-refractivity contribution < 1.29 is 22.7 Å². The minimum absolute atomic E-state index is 0.00671. The Labute approximate surface area is 253 Å². The number of anilines is 2. The fourth-order valence-electron chi connectivity index (χ4n) is 4.74. The average Bonchev–Trinajstić information content (AvgIpc) is 2.91. The van der Waals surface area contributed by atoms with E-state index in [0.29, 0.717) is 53.9 Å². The molecule has 1 N–H and O–H groups in total. The minimum Gasteiger partial charge on any atom is -0.497 e. The van der Waals surface area contributed by atoms with Gasteiger partial charge in [-0.1, -0.05) is 37.6 Å². The average molecular weight is 615 g/mol. The van der Waals surface area contributed by atoms with Gasteiger partial charge in [-0.05, 0) is 68.1 Å². The molecular formula is C31H39ClN4O5S. The number of nitrogens with one attached hydrogen (secondary N) is 1. The number of benzene rings is 2. The summed E-state index contributed by atoms with van der Waals surface area (Å²) >= 11 is 6.53. The summed E-state index contributed by atoms with van der Waals surface area (Å²) in [4.78, 5) is 20.8. The molecule has 11 heteroatoms. The zero-order chi connectivity index (χ0) is 30.7. The van der Waals surface area contributed by atoms with E-state index in [1.807, 2.05) is 52.8 Å². The Morgan fingerprint density at radius 2 is 1.67 bits per heavy atom. The van der Waals surface area contributed by atoms with Crippen LogP contribution in [0.1, 0.15) is 34.6 Å². The molecule has 0 radical (unpaired) electrons. The lowest BCUT2D eigenvalue weighted by molar-refractivity contribution is 0.0240. The molecule has 2 heterocycles. The molecule has 9 nitrogen and oxygen atoms in total.